The predicted molar refractivity (Wildman–Crippen MR) is 258 cm³/mol. The van der Waals surface area contributed by atoms with E-state index in [1.165, 1.54) is 219 Å². The quantitative estimate of drug-likeness (QED) is 0.0481. The number of hydrogen-bond acceptors (Lipinski definition) is 0. The summed E-state index contributed by atoms with van der Waals surface area (Å²) in [6, 6.07) is 14.6. The summed E-state index contributed by atoms with van der Waals surface area (Å²) in [6.45, 7) is 11.5. The van der Waals surface area contributed by atoms with Gasteiger partial charge in [-0.25, -0.2) is 4.70 Å². The van der Waals surface area contributed by atoms with Crippen molar-refractivity contribution in [2.75, 3.05) is 0 Å². The maximum atomic E-state index is 12.2. The molecule has 2 nitrogen and oxygen atoms in total. The fourth-order valence-corrected chi connectivity index (χ4v) is 9.11. The molecule has 0 N–H and O–H groups in total. The molecule has 0 spiro atoms. The average molecular weight is 793 g/mol. The lowest BCUT2D eigenvalue weighted by molar-refractivity contribution is -0.344. The molecule has 1 aliphatic heterocycles. The van der Waals surface area contributed by atoms with Gasteiger partial charge in [0.25, 0.3) is 0 Å². The zero-order valence-electron chi connectivity index (χ0n) is 39.2. The fraction of sp³-hybridized carbons (Fsp3) is 0.714. The van der Waals surface area contributed by atoms with E-state index >= 15 is 0 Å². The zero-order chi connectivity index (χ0) is 41.5. The third-order valence-electron chi connectivity index (χ3n) is 12.8. The van der Waals surface area contributed by atoms with E-state index in [9.17, 15) is 5.53 Å². The molecule has 2 heteroatoms. The van der Waals surface area contributed by atoms with Crippen LogP contribution in [0.3, 0.4) is 0 Å². The van der Waals surface area contributed by atoms with Gasteiger partial charge in [0.05, 0.1) is 0 Å². The van der Waals surface area contributed by atoms with Gasteiger partial charge in [-0.3, -0.25) is 0 Å². The van der Waals surface area contributed by atoms with Crippen LogP contribution in [0.1, 0.15) is 267 Å². The van der Waals surface area contributed by atoms with Crippen molar-refractivity contribution in [3.05, 3.63) is 87.0 Å². The highest BCUT2D eigenvalue weighted by Crippen LogP contribution is 2.39. The van der Waals surface area contributed by atoms with Crippen molar-refractivity contribution in [3.8, 4) is 0 Å². The summed E-state index contributed by atoms with van der Waals surface area (Å²) < 4.78 is 1.59. The molecule has 0 saturated carbocycles. The molecule has 3 rings (SSSR count). The molecule has 0 aliphatic carbocycles. The van der Waals surface area contributed by atoms with Gasteiger partial charge in [-0.2, -0.15) is 0 Å². The minimum atomic E-state index is 0.969. The SMILES string of the molecule is CCCCCCCCCCCCCCc1cc(CCCC)cc(C2=CC(CCCC)=C(c3cc(CCCC)cc(CCCCCCCCCCCCCC)c3)[N+]2=[N-])c1. The number of benzene rings is 2. The normalized spacial score (nSPS) is 13.0. The van der Waals surface area contributed by atoms with Crippen LogP contribution in [0.25, 0.3) is 16.9 Å². The number of allylic oxidation sites excluding steroid dienone is 2. The number of nitrogens with zero attached hydrogens (tertiary/aromatic N) is 2. The molecule has 1 heterocycles. The lowest BCUT2D eigenvalue weighted by Gasteiger charge is -2.15. The molecule has 1 aliphatic rings. The Kier molecular flexibility index (Phi) is 27.8. The molecule has 0 bridgehead atoms. The summed E-state index contributed by atoms with van der Waals surface area (Å²) in [7, 11) is 0. The van der Waals surface area contributed by atoms with E-state index in [4.69, 9.17) is 0 Å². The van der Waals surface area contributed by atoms with Crippen molar-refractivity contribution in [1.82, 2.24) is 0 Å². The minimum absolute atomic E-state index is 0.969. The Morgan fingerprint density at radius 1 is 0.328 bits per heavy atom. The summed E-state index contributed by atoms with van der Waals surface area (Å²) in [5.74, 6) is 0. The van der Waals surface area contributed by atoms with Crippen molar-refractivity contribution in [1.29, 1.82) is 0 Å². The lowest BCUT2D eigenvalue weighted by atomic mass is 9.95. The third-order valence-corrected chi connectivity index (χ3v) is 12.8. The molecule has 326 valence electrons. The maximum Gasteiger partial charge on any atom is 0.210 e. The molecule has 0 amide bonds. The van der Waals surface area contributed by atoms with Crippen molar-refractivity contribution in [2.45, 2.75) is 259 Å². The fourth-order valence-electron chi connectivity index (χ4n) is 9.11. The van der Waals surface area contributed by atoms with Gasteiger partial charge in [-0.05, 0) is 111 Å². The van der Waals surface area contributed by atoms with Gasteiger partial charge < -0.3 is 5.53 Å². The molecule has 58 heavy (non-hydrogen) atoms. The molecule has 0 saturated heterocycles. The van der Waals surface area contributed by atoms with Crippen molar-refractivity contribution in [2.24, 2.45) is 0 Å². The summed E-state index contributed by atoms with van der Waals surface area (Å²) >= 11 is 0. The molecule has 0 aromatic heterocycles. The Bertz CT molecular complexity index is 1440. The van der Waals surface area contributed by atoms with E-state index in [0.29, 0.717) is 0 Å². The van der Waals surface area contributed by atoms with Crippen molar-refractivity contribution in [3.63, 3.8) is 0 Å². The Morgan fingerprint density at radius 2 is 0.621 bits per heavy atom. The van der Waals surface area contributed by atoms with Crippen LogP contribution in [0.4, 0.5) is 0 Å². The first-order valence-corrected chi connectivity index (χ1v) is 25.7. The molecule has 0 radical (unpaired) electrons. The van der Waals surface area contributed by atoms with E-state index in [0.717, 1.165) is 56.3 Å². The van der Waals surface area contributed by atoms with Crippen LogP contribution in [0.15, 0.2) is 48.0 Å². The molecular formula is C56H92N2. The summed E-state index contributed by atoms with van der Waals surface area (Å²) in [4.78, 5) is 0. The van der Waals surface area contributed by atoms with Crippen LogP contribution in [-0.2, 0) is 25.7 Å². The Morgan fingerprint density at radius 3 is 0.983 bits per heavy atom. The van der Waals surface area contributed by atoms with Crippen LogP contribution >= 0.6 is 0 Å². The summed E-state index contributed by atoms with van der Waals surface area (Å²) in [6.07, 6.45) is 48.2. The standard InChI is InChI=1S/C56H92N2/c1-6-11-16-18-20-22-24-26-28-30-32-34-38-50-41-48(36-13-8-3)43-53(44-50)55-47-52(40-15-10-5)56(58(55)57)54-45-49(37-14-9-4)42-51(46-54)39-35-33-31-29-27-25-23-21-19-17-12-7-2/h41-47H,6-40H2,1-5H3. The second-order valence-corrected chi connectivity index (χ2v) is 18.4. The highest BCUT2D eigenvalue weighted by molar-refractivity contribution is 5.79. The average Bonchev–Trinajstić information content (AvgIpc) is 3.57. The predicted octanol–water partition coefficient (Wildman–Crippen LogP) is 18.8. The molecule has 0 atom stereocenters. The van der Waals surface area contributed by atoms with Crippen molar-refractivity contribution >= 4 is 11.4 Å². The molecule has 2 aromatic rings. The lowest BCUT2D eigenvalue weighted by Crippen LogP contribution is -2.05. The topological polar surface area (TPSA) is 25.3 Å². The number of unbranched alkanes of at least 4 members (excludes halogenated alkanes) is 25. The van der Waals surface area contributed by atoms with Gasteiger partial charge in [0.1, 0.15) is 0 Å². The van der Waals surface area contributed by atoms with Crippen LogP contribution < -0.4 is 0 Å². The molecule has 0 unspecified atom stereocenters. The Hall–Kier alpha value is -2.48. The van der Waals surface area contributed by atoms with Gasteiger partial charge in [0.15, 0.2) is 0 Å². The van der Waals surface area contributed by atoms with Gasteiger partial charge >= 0.3 is 0 Å². The van der Waals surface area contributed by atoms with Crippen molar-refractivity contribution < 1.29 is 4.70 Å². The molecular weight excluding hydrogens is 701 g/mol. The van der Waals surface area contributed by atoms with E-state index in [2.05, 4.69) is 77.1 Å². The smallest absolute Gasteiger partial charge is 0.210 e. The van der Waals surface area contributed by atoms with E-state index < -0.39 is 0 Å². The number of rotatable bonds is 37. The van der Waals surface area contributed by atoms with Gasteiger partial charge in [-0.1, -0.05) is 207 Å². The van der Waals surface area contributed by atoms with Gasteiger partial charge in [0, 0.05) is 22.8 Å². The van der Waals surface area contributed by atoms with Crippen LogP contribution in [-0.4, -0.2) is 4.70 Å². The van der Waals surface area contributed by atoms with Gasteiger partial charge in [0.2, 0.25) is 11.4 Å². The molecule has 2 aromatic carbocycles. The largest absolute Gasteiger partial charge is 0.493 e. The monoisotopic (exact) mass is 793 g/mol. The van der Waals surface area contributed by atoms with Crippen LogP contribution in [0, 0.1) is 0 Å². The summed E-state index contributed by atoms with van der Waals surface area (Å²) in [5, 5.41) is 0. The molecule has 0 fully saturated rings. The highest BCUT2D eigenvalue weighted by atomic mass is 15.2. The Balaban J connectivity index is 1.66. The van der Waals surface area contributed by atoms with E-state index in [-0.39, 0.29) is 0 Å². The zero-order valence-corrected chi connectivity index (χ0v) is 39.2. The second kappa shape index (κ2) is 32.3. The first-order chi connectivity index (χ1) is 28.5. The van der Waals surface area contributed by atoms with Crippen LogP contribution in [0.5, 0.6) is 0 Å². The van der Waals surface area contributed by atoms with E-state index in [1.807, 2.05) is 0 Å². The summed E-state index contributed by atoms with van der Waals surface area (Å²) in [5.41, 5.74) is 23.7. The minimum Gasteiger partial charge on any atom is -0.493 e. The van der Waals surface area contributed by atoms with Gasteiger partial charge in [-0.15, -0.1) is 0 Å². The third kappa shape index (κ3) is 20.2. The number of aryl methyl sites for hydroxylation is 4. The first-order valence-electron chi connectivity index (χ1n) is 25.7. The second-order valence-electron chi connectivity index (χ2n) is 18.4. The Labute approximate surface area is 361 Å². The number of hydrogen-bond donors (Lipinski definition) is 0. The first kappa shape index (κ1) is 49.9. The van der Waals surface area contributed by atoms with E-state index in [1.54, 1.807) is 4.70 Å². The highest BCUT2D eigenvalue weighted by Gasteiger charge is 2.29. The van der Waals surface area contributed by atoms with Crippen LogP contribution in [0.2, 0.25) is 0 Å². The maximum absolute atomic E-state index is 12.2.